The van der Waals surface area contributed by atoms with Crippen molar-refractivity contribution < 1.29 is 14.0 Å². The summed E-state index contributed by atoms with van der Waals surface area (Å²) in [6, 6.07) is 5.82. The molecule has 3 atom stereocenters. The van der Waals surface area contributed by atoms with Crippen LogP contribution in [0.15, 0.2) is 30.5 Å². The number of amides is 2. The number of anilines is 2. The Morgan fingerprint density at radius 3 is 2.57 bits per heavy atom. The van der Waals surface area contributed by atoms with Crippen LogP contribution in [-0.4, -0.2) is 68.1 Å². The van der Waals surface area contributed by atoms with Crippen LogP contribution in [0, 0.1) is 11.2 Å². The van der Waals surface area contributed by atoms with E-state index >= 15 is 4.39 Å². The van der Waals surface area contributed by atoms with Gasteiger partial charge in [-0.15, -0.1) is 5.10 Å². The number of hydrogen-bond acceptors (Lipinski definition) is 8. The third-order valence-electron chi connectivity index (χ3n) is 10.4. The number of pyridine rings is 1. The molecule has 2 saturated heterocycles. The molecule has 1 aromatic carbocycles. The average molecular weight is 643 g/mol. The van der Waals surface area contributed by atoms with E-state index in [4.69, 9.17) is 23.2 Å². The minimum Gasteiger partial charge on any atom is -0.352 e. The number of halogens is 3. The second-order valence-corrected chi connectivity index (χ2v) is 14.1. The van der Waals surface area contributed by atoms with Crippen LogP contribution in [0.25, 0.3) is 0 Å². The van der Waals surface area contributed by atoms with E-state index in [0.29, 0.717) is 61.0 Å². The molecule has 232 valence electrons. The Morgan fingerprint density at radius 1 is 1.11 bits per heavy atom. The molecule has 0 radical (unpaired) electrons. The fraction of sp³-hybridized carbons (Fsp3) is 0.533. The first-order valence-electron chi connectivity index (χ1n) is 15.0. The second kappa shape index (κ2) is 10.6. The van der Waals surface area contributed by atoms with Crippen LogP contribution in [0.5, 0.6) is 0 Å². The lowest BCUT2D eigenvalue weighted by atomic mass is 9.53. The highest BCUT2D eigenvalue weighted by molar-refractivity contribution is 6.31. The van der Waals surface area contributed by atoms with Gasteiger partial charge in [-0.25, -0.2) is 9.37 Å². The molecule has 14 heteroatoms. The van der Waals surface area contributed by atoms with E-state index < -0.39 is 28.7 Å². The topological polar surface area (TPSA) is 141 Å². The van der Waals surface area contributed by atoms with Crippen molar-refractivity contribution in [3.05, 3.63) is 57.6 Å². The number of nitrogens with zero attached hydrogens (tertiary/aromatic N) is 5. The molecule has 1 aliphatic carbocycles. The van der Waals surface area contributed by atoms with Gasteiger partial charge >= 0.3 is 0 Å². The summed E-state index contributed by atoms with van der Waals surface area (Å²) in [6.07, 6.45) is 5.67. The average Bonchev–Trinajstić information content (AvgIpc) is 3.70. The first-order chi connectivity index (χ1) is 21.0. The van der Waals surface area contributed by atoms with Crippen LogP contribution < -0.4 is 20.9 Å². The van der Waals surface area contributed by atoms with Crippen molar-refractivity contribution >= 4 is 46.7 Å². The highest BCUT2D eigenvalue weighted by atomic mass is 35.5. The highest BCUT2D eigenvalue weighted by Crippen LogP contribution is 2.64. The fourth-order valence-corrected chi connectivity index (χ4v) is 8.47. The Bertz CT molecular complexity index is 1600. The molecule has 44 heavy (non-hydrogen) atoms. The van der Waals surface area contributed by atoms with E-state index in [1.165, 1.54) is 6.20 Å². The third-order valence-corrected chi connectivity index (χ3v) is 10.9. The van der Waals surface area contributed by atoms with Crippen LogP contribution in [0.1, 0.15) is 69.4 Å². The van der Waals surface area contributed by atoms with Crippen LogP contribution >= 0.6 is 23.2 Å². The van der Waals surface area contributed by atoms with Gasteiger partial charge in [0, 0.05) is 47.5 Å². The first-order valence-corrected chi connectivity index (χ1v) is 15.8. The summed E-state index contributed by atoms with van der Waals surface area (Å²) >= 11 is 12.6. The van der Waals surface area contributed by atoms with Gasteiger partial charge in [0.15, 0.2) is 11.0 Å². The van der Waals surface area contributed by atoms with Gasteiger partial charge in [-0.2, -0.15) is 5.21 Å². The molecule has 2 aromatic heterocycles. The number of H-pyrrole nitrogens is 1. The maximum absolute atomic E-state index is 16.1. The van der Waals surface area contributed by atoms with E-state index in [1.54, 1.807) is 18.2 Å². The molecule has 3 fully saturated rings. The van der Waals surface area contributed by atoms with E-state index in [-0.39, 0.29) is 34.0 Å². The smallest absolute Gasteiger partial charge is 0.265 e. The largest absolute Gasteiger partial charge is 0.352 e. The lowest BCUT2D eigenvalue weighted by Gasteiger charge is -2.50. The lowest BCUT2D eigenvalue weighted by molar-refractivity contribution is -0.125. The SMILES string of the molecule is CC1(C)CCC2(CC1)N[C@@H](C(=O)NC1CCN(c3nn[nH]n3)CC1)[C@H](c1ccnc(Cl)c1F)[C@]21C(=O)Nc2cc(Cl)ccc21. The maximum Gasteiger partial charge on any atom is 0.265 e. The van der Waals surface area contributed by atoms with Gasteiger partial charge in [-0.3, -0.25) is 14.9 Å². The zero-order valence-electron chi connectivity index (χ0n) is 24.5. The number of aromatic nitrogens is 5. The summed E-state index contributed by atoms with van der Waals surface area (Å²) in [5.74, 6) is -1.67. The van der Waals surface area contributed by atoms with Crippen molar-refractivity contribution in [1.29, 1.82) is 0 Å². The van der Waals surface area contributed by atoms with Crippen molar-refractivity contribution in [2.24, 2.45) is 5.41 Å². The molecule has 5 heterocycles. The predicted molar refractivity (Wildman–Crippen MR) is 163 cm³/mol. The Labute approximate surface area is 264 Å². The number of fused-ring (bicyclic) bond motifs is 3. The number of hydrogen-bond donors (Lipinski definition) is 4. The lowest BCUT2D eigenvalue weighted by Crippen LogP contribution is -2.61. The van der Waals surface area contributed by atoms with E-state index in [9.17, 15) is 9.59 Å². The van der Waals surface area contributed by atoms with Gasteiger partial charge in [-0.1, -0.05) is 48.2 Å². The minimum absolute atomic E-state index is 0.0553. The summed E-state index contributed by atoms with van der Waals surface area (Å²) in [4.78, 5) is 34.9. The molecule has 11 nitrogen and oxygen atoms in total. The number of carbonyl (C=O) groups is 2. The van der Waals surface area contributed by atoms with E-state index in [0.717, 1.165) is 12.8 Å². The summed E-state index contributed by atoms with van der Waals surface area (Å²) < 4.78 is 16.1. The normalized spacial score (nSPS) is 27.5. The Hall–Kier alpha value is -3.35. The van der Waals surface area contributed by atoms with Gasteiger partial charge < -0.3 is 15.5 Å². The highest BCUT2D eigenvalue weighted by Gasteiger charge is 2.73. The van der Waals surface area contributed by atoms with Crippen LogP contribution in [-0.2, 0) is 15.0 Å². The Kier molecular flexibility index (Phi) is 7.09. The molecular formula is C30H34Cl2FN9O2. The monoisotopic (exact) mass is 641 g/mol. The minimum atomic E-state index is -1.31. The summed E-state index contributed by atoms with van der Waals surface area (Å²) in [6.45, 7) is 5.71. The van der Waals surface area contributed by atoms with Crippen molar-refractivity contribution in [2.45, 2.75) is 81.3 Å². The predicted octanol–water partition coefficient (Wildman–Crippen LogP) is 4.11. The van der Waals surface area contributed by atoms with E-state index in [2.05, 4.69) is 55.4 Å². The molecule has 4 aliphatic rings. The molecule has 7 rings (SSSR count). The number of tetrazole rings is 1. The molecular weight excluding hydrogens is 608 g/mol. The molecule has 4 N–H and O–H groups in total. The second-order valence-electron chi connectivity index (χ2n) is 13.3. The molecule has 1 saturated carbocycles. The number of aromatic amines is 1. The molecule has 2 spiro atoms. The molecule has 3 aliphatic heterocycles. The molecule has 0 unspecified atom stereocenters. The van der Waals surface area contributed by atoms with Crippen molar-refractivity contribution in [3.8, 4) is 0 Å². The first kappa shape index (κ1) is 29.4. The van der Waals surface area contributed by atoms with Crippen molar-refractivity contribution in [1.82, 2.24) is 36.2 Å². The fourth-order valence-electron chi connectivity index (χ4n) is 8.13. The zero-order chi connectivity index (χ0) is 30.9. The third kappa shape index (κ3) is 4.47. The molecule has 3 aromatic rings. The number of rotatable bonds is 4. The van der Waals surface area contributed by atoms with Crippen molar-refractivity contribution in [3.63, 3.8) is 0 Å². The Morgan fingerprint density at radius 2 is 1.86 bits per heavy atom. The van der Waals surface area contributed by atoms with Gasteiger partial charge in [0.05, 0.1) is 6.04 Å². The van der Waals surface area contributed by atoms with Crippen molar-refractivity contribution in [2.75, 3.05) is 23.3 Å². The number of piperidine rings is 1. The maximum atomic E-state index is 16.1. The standard InChI is InChI=1S/C30H34Cl2FN9O2/c1-28(2)8-10-29(11-9-28)30(19-4-3-16(31)15-20(19)36-26(30)44)21(18-5-12-34-24(32)22(18)33)23(37-29)25(43)35-17-6-13-42(14-7-17)27-38-40-41-39-27/h3-5,12,15,17,21,23,37H,6-11,13-14H2,1-2H3,(H,35,43)(H,36,44)(H,38,39,40,41)/t21-,23+,30+/m0/s1. The van der Waals surface area contributed by atoms with Gasteiger partial charge in [0.25, 0.3) is 5.95 Å². The van der Waals surface area contributed by atoms with E-state index in [1.807, 2.05) is 11.0 Å². The van der Waals surface area contributed by atoms with Crippen LogP contribution in [0.2, 0.25) is 10.2 Å². The molecule has 2 amide bonds. The van der Waals surface area contributed by atoms with Gasteiger partial charge in [0.1, 0.15) is 5.41 Å². The van der Waals surface area contributed by atoms with Gasteiger partial charge in [0.2, 0.25) is 11.8 Å². The summed E-state index contributed by atoms with van der Waals surface area (Å²) in [7, 11) is 0. The Balaban J connectivity index is 1.31. The number of nitrogens with one attached hydrogen (secondary N) is 4. The quantitative estimate of drug-likeness (QED) is 0.312. The zero-order valence-corrected chi connectivity index (χ0v) is 26.0. The van der Waals surface area contributed by atoms with Crippen LogP contribution in [0.3, 0.4) is 0 Å². The molecule has 0 bridgehead atoms. The summed E-state index contributed by atoms with van der Waals surface area (Å²) in [5, 5.41) is 24.4. The number of carbonyl (C=O) groups excluding carboxylic acids is 2. The summed E-state index contributed by atoms with van der Waals surface area (Å²) in [5.41, 5.74) is -0.611. The van der Waals surface area contributed by atoms with Crippen LogP contribution in [0.4, 0.5) is 16.0 Å². The number of benzene rings is 1. The van der Waals surface area contributed by atoms with Gasteiger partial charge in [-0.05, 0) is 78.5 Å².